The van der Waals surface area contributed by atoms with E-state index in [1.807, 2.05) is 36.4 Å². The SMILES string of the molecule is COC(=O)C(Br)COc1ccc2ccccc2c1Br. The van der Waals surface area contributed by atoms with Gasteiger partial charge in [-0.3, -0.25) is 4.79 Å². The van der Waals surface area contributed by atoms with Crippen molar-refractivity contribution in [1.29, 1.82) is 0 Å². The summed E-state index contributed by atoms with van der Waals surface area (Å²) in [7, 11) is 1.35. The van der Waals surface area contributed by atoms with E-state index >= 15 is 0 Å². The Hall–Kier alpha value is -1.07. The van der Waals surface area contributed by atoms with E-state index in [4.69, 9.17) is 4.74 Å². The highest BCUT2D eigenvalue weighted by atomic mass is 79.9. The van der Waals surface area contributed by atoms with Gasteiger partial charge in [0.2, 0.25) is 0 Å². The van der Waals surface area contributed by atoms with Crippen LogP contribution in [0.5, 0.6) is 5.75 Å². The zero-order valence-corrected chi connectivity index (χ0v) is 13.4. The Balaban J connectivity index is 2.17. The number of halogens is 2. The van der Waals surface area contributed by atoms with Gasteiger partial charge in [-0.15, -0.1) is 0 Å². The summed E-state index contributed by atoms with van der Waals surface area (Å²) in [6.07, 6.45) is 0. The van der Waals surface area contributed by atoms with Gasteiger partial charge in [0.1, 0.15) is 17.2 Å². The molecule has 100 valence electrons. The van der Waals surface area contributed by atoms with Crippen molar-refractivity contribution in [3.63, 3.8) is 0 Å². The Bertz CT molecular complexity index is 598. The quantitative estimate of drug-likeness (QED) is 0.589. The molecule has 2 aromatic rings. The van der Waals surface area contributed by atoms with Gasteiger partial charge >= 0.3 is 5.97 Å². The molecule has 0 radical (unpaired) electrons. The number of benzene rings is 2. The minimum absolute atomic E-state index is 0.212. The van der Waals surface area contributed by atoms with E-state index in [9.17, 15) is 4.79 Å². The third kappa shape index (κ3) is 3.28. The topological polar surface area (TPSA) is 35.5 Å². The second-order valence-electron chi connectivity index (χ2n) is 3.90. The first kappa shape index (κ1) is 14.3. The van der Waals surface area contributed by atoms with Gasteiger partial charge in [-0.25, -0.2) is 0 Å². The van der Waals surface area contributed by atoms with Crippen LogP contribution in [0.15, 0.2) is 40.9 Å². The molecule has 0 fully saturated rings. The number of carbonyl (C=O) groups excluding carboxylic acids is 1. The maximum atomic E-state index is 11.3. The maximum Gasteiger partial charge on any atom is 0.322 e. The van der Waals surface area contributed by atoms with Gasteiger partial charge in [-0.1, -0.05) is 46.3 Å². The number of fused-ring (bicyclic) bond motifs is 1. The van der Waals surface area contributed by atoms with E-state index in [0.29, 0.717) is 5.75 Å². The number of carbonyl (C=O) groups is 1. The zero-order valence-electron chi connectivity index (χ0n) is 10.2. The second-order valence-corrected chi connectivity index (χ2v) is 5.80. The van der Waals surface area contributed by atoms with Gasteiger partial charge in [-0.2, -0.15) is 0 Å². The van der Waals surface area contributed by atoms with Crippen molar-refractivity contribution >= 4 is 48.6 Å². The molecule has 0 aromatic heterocycles. The standard InChI is InChI=1S/C14H12Br2O3/c1-18-14(17)11(15)8-19-12-7-6-9-4-2-3-5-10(9)13(12)16/h2-7,11H,8H2,1H3. The molecular weight excluding hydrogens is 376 g/mol. The highest BCUT2D eigenvalue weighted by Crippen LogP contribution is 2.33. The number of rotatable bonds is 4. The fourth-order valence-electron chi connectivity index (χ4n) is 1.68. The van der Waals surface area contributed by atoms with Crippen LogP contribution in [0.2, 0.25) is 0 Å². The number of ether oxygens (including phenoxy) is 2. The lowest BCUT2D eigenvalue weighted by molar-refractivity contribution is -0.140. The molecule has 1 unspecified atom stereocenters. The Morgan fingerprint density at radius 3 is 2.74 bits per heavy atom. The van der Waals surface area contributed by atoms with Crippen molar-refractivity contribution in [3.8, 4) is 5.75 Å². The molecule has 2 aromatic carbocycles. The van der Waals surface area contributed by atoms with E-state index in [1.165, 1.54) is 7.11 Å². The van der Waals surface area contributed by atoms with Gasteiger partial charge in [0.15, 0.2) is 0 Å². The van der Waals surface area contributed by atoms with Crippen molar-refractivity contribution < 1.29 is 14.3 Å². The molecule has 0 saturated heterocycles. The normalized spacial score (nSPS) is 12.2. The summed E-state index contributed by atoms with van der Waals surface area (Å²) in [5.74, 6) is 0.351. The van der Waals surface area contributed by atoms with Crippen LogP contribution < -0.4 is 4.74 Å². The lowest BCUT2D eigenvalue weighted by atomic mass is 10.1. The summed E-state index contributed by atoms with van der Waals surface area (Å²) in [6, 6.07) is 11.9. The predicted octanol–water partition coefficient (Wildman–Crippen LogP) is 3.92. The number of hydrogen-bond donors (Lipinski definition) is 0. The molecule has 0 N–H and O–H groups in total. The van der Waals surface area contributed by atoms with Crippen molar-refractivity contribution in [2.24, 2.45) is 0 Å². The molecule has 3 nitrogen and oxygen atoms in total. The Labute approximate surface area is 128 Å². The van der Waals surface area contributed by atoms with E-state index in [-0.39, 0.29) is 12.6 Å². The maximum absolute atomic E-state index is 11.3. The molecule has 2 rings (SSSR count). The predicted molar refractivity (Wildman–Crippen MR) is 81.9 cm³/mol. The van der Waals surface area contributed by atoms with E-state index in [2.05, 4.69) is 36.6 Å². The minimum atomic E-state index is -0.476. The van der Waals surface area contributed by atoms with Crippen LogP contribution in [-0.4, -0.2) is 24.5 Å². The van der Waals surface area contributed by atoms with Crippen LogP contribution in [0.1, 0.15) is 0 Å². The monoisotopic (exact) mass is 386 g/mol. The first-order valence-corrected chi connectivity index (χ1v) is 7.36. The zero-order chi connectivity index (χ0) is 13.8. The second kappa shape index (κ2) is 6.39. The van der Waals surface area contributed by atoms with Gasteiger partial charge in [0, 0.05) is 0 Å². The van der Waals surface area contributed by atoms with Crippen molar-refractivity contribution in [2.45, 2.75) is 4.83 Å². The summed E-state index contributed by atoms with van der Waals surface area (Å²) in [5.41, 5.74) is 0. The van der Waals surface area contributed by atoms with Gasteiger partial charge in [-0.05, 0) is 32.8 Å². The minimum Gasteiger partial charge on any atom is -0.491 e. The first-order valence-electron chi connectivity index (χ1n) is 5.65. The third-order valence-corrected chi connectivity index (χ3v) is 4.13. The molecule has 19 heavy (non-hydrogen) atoms. The van der Waals surface area contributed by atoms with Crippen molar-refractivity contribution in [1.82, 2.24) is 0 Å². The molecule has 5 heteroatoms. The lowest BCUT2D eigenvalue weighted by Gasteiger charge is -2.12. The molecule has 0 aliphatic carbocycles. The van der Waals surface area contributed by atoms with E-state index in [0.717, 1.165) is 15.2 Å². The summed E-state index contributed by atoms with van der Waals surface area (Å²) < 4.78 is 11.1. The van der Waals surface area contributed by atoms with E-state index in [1.54, 1.807) is 0 Å². The van der Waals surface area contributed by atoms with Crippen LogP contribution in [0.25, 0.3) is 10.8 Å². The Kier molecular flexibility index (Phi) is 4.82. The van der Waals surface area contributed by atoms with Gasteiger partial charge in [0.05, 0.1) is 11.6 Å². The smallest absolute Gasteiger partial charge is 0.322 e. The number of hydrogen-bond acceptors (Lipinski definition) is 3. The van der Waals surface area contributed by atoms with E-state index < -0.39 is 4.83 Å². The van der Waals surface area contributed by atoms with Crippen LogP contribution in [0.3, 0.4) is 0 Å². The molecule has 0 amide bonds. The summed E-state index contributed by atoms with van der Waals surface area (Å²) in [6.45, 7) is 0.212. The molecule has 0 saturated carbocycles. The van der Waals surface area contributed by atoms with Gasteiger partial charge < -0.3 is 9.47 Å². The number of esters is 1. The fourth-order valence-corrected chi connectivity index (χ4v) is 2.61. The number of alkyl halides is 1. The number of methoxy groups -OCH3 is 1. The molecule has 1 atom stereocenters. The van der Waals surface area contributed by atoms with Crippen molar-refractivity contribution in [3.05, 3.63) is 40.9 Å². The fraction of sp³-hybridized carbons (Fsp3) is 0.214. The average molecular weight is 388 g/mol. The molecule has 0 heterocycles. The van der Waals surface area contributed by atoms with Gasteiger partial charge in [0.25, 0.3) is 0 Å². The summed E-state index contributed by atoms with van der Waals surface area (Å²) in [4.78, 5) is 10.8. The highest BCUT2D eigenvalue weighted by Gasteiger charge is 2.16. The van der Waals surface area contributed by atoms with Crippen LogP contribution in [0.4, 0.5) is 0 Å². The highest BCUT2D eigenvalue weighted by molar-refractivity contribution is 9.10. The molecule has 0 aliphatic rings. The summed E-state index contributed by atoms with van der Waals surface area (Å²) in [5, 5.41) is 2.20. The largest absolute Gasteiger partial charge is 0.491 e. The average Bonchev–Trinajstić information content (AvgIpc) is 2.45. The molecular formula is C14H12Br2O3. The van der Waals surface area contributed by atoms with Crippen LogP contribution >= 0.6 is 31.9 Å². The third-order valence-electron chi connectivity index (χ3n) is 2.67. The Morgan fingerprint density at radius 2 is 2.00 bits per heavy atom. The van der Waals surface area contributed by atoms with Crippen LogP contribution in [-0.2, 0) is 9.53 Å². The summed E-state index contributed by atoms with van der Waals surface area (Å²) >= 11 is 6.75. The van der Waals surface area contributed by atoms with Crippen molar-refractivity contribution in [2.75, 3.05) is 13.7 Å². The molecule has 0 aliphatic heterocycles. The molecule has 0 spiro atoms. The lowest BCUT2D eigenvalue weighted by Crippen LogP contribution is -2.23. The Morgan fingerprint density at radius 1 is 1.26 bits per heavy atom. The molecule has 0 bridgehead atoms. The first-order chi connectivity index (χ1) is 9.13. The van der Waals surface area contributed by atoms with Crippen LogP contribution in [0, 0.1) is 0 Å².